The molecule has 28 heavy (non-hydrogen) atoms. The molecule has 0 radical (unpaired) electrons. The van der Waals surface area contributed by atoms with E-state index in [2.05, 4.69) is 21.2 Å². The Bertz CT molecular complexity index is 960. The van der Waals surface area contributed by atoms with Crippen LogP contribution in [0.15, 0.2) is 34.8 Å². The number of nitrogens with zero attached hydrogens (tertiary/aromatic N) is 1. The number of carbonyl (C=O) groups excluding carboxylic acids is 2. The first kappa shape index (κ1) is 18.8. The minimum absolute atomic E-state index is 0.0213. The molecular weight excluding hydrogens is 424 g/mol. The second-order valence-corrected chi connectivity index (χ2v) is 7.83. The van der Waals surface area contributed by atoms with E-state index in [1.165, 1.54) is 0 Å². The maximum absolute atomic E-state index is 12.8. The highest BCUT2D eigenvalue weighted by molar-refractivity contribution is 9.10. The summed E-state index contributed by atoms with van der Waals surface area (Å²) in [6.07, 6.45) is 0.763. The van der Waals surface area contributed by atoms with Gasteiger partial charge in [0.05, 0.1) is 6.04 Å². The van der Waals surface area contributed by atoms with E-state index < -0.39 is 0 Å². The molecule has 0 saturated heterocycles. The lowest BCUT2D eigenvalue weighted by atomic mass is 10.0. The third kappa shape index (κ3) is 3.46. The number of rotatable bonds is 3. The molecule has 2 aromatic carbocycles. The van der Waals surface area contributed by atoms with E-state index in [1.54, 1.807) is 17.9 Å². The van der Waals surface area contributed by atoms with Gasteiger partial charge in [-0.3, -0.25) is 9.59 Å². The van der Waals surface area contributed by atoms with Gasteiger partial charge in [-0.05, 0) is 54.8 Å². The summed E-state index contributed by atoms with van der Waals surface area (Å²) in [5.41, 5.74) is 3.42. The van der Waals surface area contributed by atoms with E-state index in [1.807, 2.05) is 31.2 Å². The molecule has 0 saturated carbocycles. The summed E-state index contributed by atoms with van der Waals surface area (Å²) in [6, 6.07) is 9.04. The molecule has 4 rings (SSSR count). The van der Waals surface area contributed by atoms with Crippen LogP contribution in [0.1, 0.15) is 41.4 Å². The van der Waals surface area contributed by atoms with Crippen molar-refractivity contribution in [2.24, 2.45) is 0 Å². The molecule has 0 fully saturated rings. The quantitative estimate of drug-likeness (QED) is 0.784. The molecule has 2 aliphatic heterocycles. The fourth-order valence-electron chi connectivity index (χ4n) is 3.64. The predicted octanol–water partition coefficient (Wildman–Crippen LogP) is 3.62. The molecule has 0 spiro atoms. The Labute approximate surface area is 171 Å². The highest BCUT2D eigenvalue weighted by atomic mass is 79.9. The Balaban J connectivity index is 1.52. The van der Waals surface area contributed by atoms with Crippen molar-refractivity contribution >= 4 is 33.4 Å². The highest BCUT2D eigenvalue weighted by Crippen LogP contribution is 2.38. The van der Waals surface area contributed by atoms with Crippen molar-refractivity contribution in [3.63, 3.8) is 0 Å². The molecule has 0 aliphatic carbocycles. The van der Waals surface area contributed by atoms with E-state index >= 15 is 0 Å². The first-order valence-electron chi connectivity index (χ1n) is 9.25. The Morgan fingerprint density at radius 1 is 1.14 bits per heavy atom. The van der Waals surface area contributed by atoms with E-state index in [0.29, 0.717) is 36.8 Å². The first-order chi connectivity index (χ1) is 13.4. The predicted molar refractivity (Wildman–Crippen MR) is 109 cm³/mol. The lowest BCUT2D eigenvalue weighted by molar-refractivity contribution is -0.116. The van der Waals surface area contributed by atoms with Crippen LogP contribution in [0, 0.1) is 0 Å². The highest BCUT2D eigenvalue weighted by Gasteiger charge is 2.24. The zero-order valence-electron chi connectivity index (χ0n) is 15.8. The molecule has 0 aromatic heterocycles. The van der Waals surface area contributed by atoms with E-state index in [4.69, 9.17) is 9.47 Å². The summed E-state index contributed by atoms with van der Waals surface area (Å²) in [7, 11) is 0. The second-order valence-electron chi connectivity index (χ2n) is 6.98. The molecule has 2 aromatic rings. The molecule has 1 atom stereocenters. The van der Waals surface area contributed by atoms with Gasteiger partial charge < -0.3 is 19.7 Å². The molecule has 2 aliphatic rings. The molecule has 1 unspecified atom stereocenters. The number of hydrogen-bond acceptors (Lipinski definition) is 4. The number of nitrogens with one attached hydrogen (secondary N) is 1. The first-order valence-corrected chi connectivity index (χ1v) is 10.0. The molecule has 2 heterocycles. The van der Waals surface area contributed by atoms with Gasteiger partial charge in [0, 0.05) is 29.2 Å². The normalized spacial score (nSPS) is 15.8. The molecule has 146 valence electrons. The third-order valence-electron chi connectivity index (χ3n) is 5.09. The van der Waals surface area contributed by atoms with Crippen LogP contribution >= 0.6 is 15.9 Å². The maximum atomic E-state index is 12.8. The number of benzene rings is 2. The van der Waals surface area contributed by atoms with Crippen molar-refractivity contribution < 1.29 is 19.1 Å². The summed E-state index contributed by atoms with van der Waals surface area (Å²) < 4.78 is 12.1. The van der Waals surface area contributed by atoms with Gasteiger partial charge in [0.25, 0.3) is 5.91 Å². The van der Waals surface area contributed by atoms with Crippen molar-refractivity contribution in [2.75, 3.05) is 24.7 Å². The SMILES string of the molecule is CC(=O)N1CCc2cc(C(=O)NC(C)c3cc4c(cc3Br)OCCO4)ccc21. The summed E-state index contributed by atoms with van der Waals surface area (Å²) in [5.74, 6) is 1.26. The van der Waals surface area contributed by atoms with Crippen LogP contribution in [0.5, 0.6) is 11.5 Å². The number of ether oxygens (including phenoxy) is 2. The van der Waals surface area contributed by atoms with Gasteiger partial charge in [-0.1, -0.05) is 15.9 Å². The van der Waals surface area contributed by atoms with Crippen LogP contribution in [0.2, 0.25) is 0 Å². The Hall–Kier alpha value is -2.54. The van der Waals surface area contributed by atoms with E-state index in [9.17, 15) is 9.59 Å². The van der Waals surface area contributed by atoms with Crippen molar-refractivity contribution in [1.82, 2.24) is 5.32 Å². The van der Waals surface area contributed by atoms with E-state index in [0.717, 1.165) is 27.7 Å². The number of anilines is 1. The number of carbonyl (C=O) groups is 2. The summed E-state index contributed by atoms with van der Waals surface area (Å²) >= 11 is 3.56. The van der Waals surface area contributed by atoms with Crippen LogP contribution < -0.4 is 19.7 Å². The Morgan fingerprint density at radius 2 is 1.86 bits per heavy atom. The van der Waals surface area contributed by atoms with Crippen LogP contribution in [-0.4, -0.2) is 31.6 Å². The Morgan fingerprint density at radius 3 is 2.57 bits per heavy atom. The van der Waals surface area contributed by atoms with Gasteiger partial charge in [-0.15, -0.1) is 0 Å². The van der Waals surface area contributed by atoms with Crippen LogP contribution in [0.3, 0.4) is 0 Å². The molecule has 2 amide bonds. The number of amides is 2. The van der Waals surface area contributed by atoms with Crippen LogP contribution in [0.25, 0.3) is 0 Å². The number of hydrogen-bond donors (Lipinski definition) is 1. The maximum Gasteiger partial charge on any atom is 0.251 e. The lowest BCUT2D eigenvalue weighted by Crippen LogP contribution is -2.27. The summed E-state index contributed by atoms with van der Waals surface area (Å²) in [5, 5.41) is 3.04. The zero-order chi connectivity index (χ0) is 19.8. The van der Waals surface area contributed by atoms with E-state index in [-0.39, 0.29) is 17.9 Å². The Kier molecular flexibility index (Phi) is 5.02. The van der Waals surface area contributed by atoms with Gasteiger partial charge >= 0.3 is 0 Å². The van der Waals surface area contributed by atoms with Gasteiger partial charge in [-0.25, -0.2) is 0 Å². The third-order valence-corrected chi connectivity index (χ3v) is 5.78. The molecular formula is C21H21BrN2O4. The van der Waals surface area contributed by atoms with Crippen molar-refractivity contribution in [3.8, 4) is 11.5 Å². The second kappa shape index (κ2) is 7.47. The van der Waals surface area contributed by atoms with Crippen molar-refractivity contribution in [2.45, 2.75) is 26.3 Å². The summed E-state index contributed by atoms with van der Waals surface area (Å²) in [4.78, 5) is 26.2. The van der Waals surface area contributed by atoms with Gasteiger partial charge in [-0.2, -0.15) is 0 Å². The topological polar surface area (TPSA) is 67.9 Å². The standard InChI is InChI=1S/C21H21BrN2O4/c1-12(16-10-19-20(11-17(16)22)28-8-7-27-19)23-21(26)15-3-4-18-14(9-15)5-6-24(18)13(2)25/h3-4,9-12H,5-8H2,1-2H3,(H,23,26). The average molecular weight is 445 g/mol. The minimum atomic E-state index is -0.223. The van der Waals surface area contributed by atoms with Crippen molar-refractivity contribution in [3.05, 3.63) is 51.5 Å². The van der Waals surface area contributed by atoms with Gasteiger partial charge in [0.1, 0.15) is 13.2 Å². The fraction of sp³-hybridized carbons (Fsp3) is 0.333. The lowest BCUT2D eigenvalue weighted by Gasteiger charge is -2.22. The average Bonchev–Trinajstić information content (AvgIpc) is 3.10. The smallest absolute Gasteiger partial charge is 0.251 e. The monoisotopic (exact) mass is 444 g/mol. The van der Waals surface area contributed by atoms with Gasteiger partial charge in [0.15, 0.2) is 11.5 Å². The molecule has 1 N–H and O–H groups in total. The largest absolute Gasteiger partial charge is 0.486 e. The number of fused-ring (bicyclic) bond motifs is 2. The number of halogens is 1. The zero-order valence-corrected chi connectivity index (χ0v) is 17.3. The molecule has 6 nitrogen and oxygen atoms in total. The fourth-order valence-corrected chi connectivity index (χ4v) is 4.31. The molecule has 0 bridgehead atoms. The minimum Gasteiger partial charge on any atom is -0.486 e. The summed E-state index contributed by atoms with van der Waals surface area (Å²) in [6.45, 7) is 5.20. The van der Waals surface area contributed by atoms with Crippen LogP contribution in [0.4, 0.5) is 5.69 Å². The van der Waals surface area contributed by atoms with Crippen molar-refractivity contribution in [1.29, 1.82) is 0 Å². The van der Waals surface area contributed by atoms with Gasteiger partial charge in [0.2, 0.25) is 5.91 Å². The van der Waals surface area contributed by atoms with Crippen LogP contribution in [-0.2, 0) is 11.2 Å². The molecule has 7 heteroatoms.